The molecule has 0 saturated carbocycles. The molecule has 0 radical (unpaired) electrons. The van der Waals surface area contributed by atoms with Crippen LogP contribution < -0.4 is 0 Å². The van der Waals surface area contributed by atoms with E-state index in [0.29, 0.717) is 0 Å². The van der Waals surface area contributed by atoms with Crippen LogP contribution in [0.15, 0.2) is 102 Å². The maximum absolute atomic E-state index is 6.69. The molecule has 2 heteroatoms. The molecular weight excluding hydrogens is 378 g/mol. The molecule has 1 heterocycles. The highest BCUT2D eigenvalue weighted by atomic mass is 16.5. The molecule has 0 fully saturated rings. The van der Waals surface area contributed by atoms with Crippen molar-refractivity contribution in [3.8, 4) is 0 Å². The van der Waals surface area contributed by atoms with Crippen molar-refractivity contribution >= 4 is 16.7 Å². The van der Waals surface area contributed by atoms with Crippen molar-refractivity contribution in [3.63, 3.8) is 0 Å². The average Bonchev–Trinajstić information content (AvgIpc) is 3.06. The second kappa shape index (κ2) is 7.39. The number of aryl methyl sites for hydroxylation is 1. The molecule has 2 nitrogen and oxygen atoms in total. The Morgan fingerprint density at radius 2 is 1.42 bits per heavy atom. The van der Waals surface area contributed by atoms with Crippen LogP contribution in [0.2, 0.25) is 0 Å². The summed E-state index contributed by atoms with van der Waals surface area (Å²) in [6, 6.07) is 34.1. The lowest BCUT2D eigenvalue weighted by Gasteiger charge is -2.38. The molecule has 4 aromatic rings. The van der Waals surface area contributed by atoms with Gasteiger partial charge in [0, 0.05) is 12.0 Å². The first-order valence-corrected chi connectivity index (χ1v) is 10.9. The first kappa shape index (κ1) is 19.6. The number of hydrogen-bond donors (Lipinski definition) is 0. The highest BCUT2D eigenvalue weighted by Crippen LogP contribution is 2.46. The van der Waals surface area contributed by atoms with Gasteiger partial charge in [-0.05, 0) is 54.8 Å². The molecule has 4 aromatic carbocycles. The number of nitrogens with zero attached hydrogens (tertiary/aromatic N) is 1. The van der Waals surface area contributed by atoms with Gasteiger partial charge in [0.1, 0.15) is 5.54 Å². The normalized spacial score (nSPS) is 22.9. The average molecular weight is 406 g/mol. The van der Waals surface area contributed by atoms with Crippen LogP contribution in [0.1, 0.15) is 36.1 Å². The molecule has 0 spiro atoms. The van der Waals surface area contributed by atoms with E-state index >= 15 is 0 Å². The van der Waals surface area contributed by atoms with Gasteiger partial charge in [-0.2, -0.15) is 0 Å². The number of hydrogen-bond acceptors (Lipinski definition) is 2. The number of benzene rings is 4. The third-order valence-corrected chi connectivity index (χ3v) is 6.66. The topological polar surface area (TPSA) is 21.6 Å². The lowest BCUT2D eigenvalue weighted by Crippen LogP contribution is -2.45. The third kappa shape index (κ3) is 3.42. The van der Waals surface area contributed by atoms with Crippen LogP contribution in [0.5, 0.6) is 0 Å². The summed E-state index contributed by atoms with van der Waals surface area (Å²) in [5, 5.41) is 2.51. The van der Waals surface area contributed by atoms with E-state index in [2.05, 4.69) is 112 Å². The van der Waals surface area contributed by atoms with Crippen LogP contribution in [0.4, 0.5) is 0 Å². The molecule has 5 rings (SSSR count). The van der Waals surface area contributed by atoms with Gasteiger partial charge in [0.2, 0.25) is 5.90 Å². The molecular formula is C29H27NO. The first-order valence-electron chi connectivity index (χ1n) is 10.9. The van der Waals surface area contributed by atoms with Gasteiger partial charge in [0.15, 0.2) is 5.60 Å². The number of aliphatic imine (C=N–C) groups is 1. The summed E-state index contributed by atoms with van der Waals surface area (Å²) in [5.41, 5.74) is 3.64. The predicted molar refractivity (Wildman–Crippen MR) is 129 cm³/mol. The Balaban J connectivity index is 1.60. The van der Waals surface area contributed by atoms with Crippen LogP contribution in [0.3, 0.4) is 0 Å². The molecule has 1 aliphatic heterocycles. The smallest absolute Gasteiger partial charge is 0.217 e. The Morgan fingerprint density at radius 1 is 0.742 bits per heavy atom. The zero-order valence-electron chi connectivity index (χ0n) is 18.3. The van der Waals surface area contributed by atoms with E-state index in [9.17, 15) is 0 Å². The fraction of sp³-hybridized carbons (Fsp3) is 0.207. The van der Waals surface area contributed by atoms with E-state index in [1.807, 2.05) is 6.07 Å². The highest BCUT2D eigenvalue weighted by molar-refractivity contribution is 5.96. The van der Waals surface area contributed by atoms with Gasteiger partial charge in [0.05, 0.1) is 0 Å². The monoisotopic (exact) mass is 405 g/mol. The standard InChI is InChI=1S/C29H27NO/c1-21-13-16-24(17-14-21)27-30-28(2,29(3,31-27)26-11-5-4-6-12-26)20-22-15-18-23-9-7-8-10-25(23)19-22/h4-19H,20H2,1-3H3/t28-,29-/m0/s1. The molecule has 0 N–H and O–H groups in total. The molecule has 31 heavy (non-hydrogen) atoms. The van der Waals surface area contributed by atoms with E-state index in [1.165, 1.54) is 21.9 Å². The fourth-order valence-corrected chi connectivity index (χ4v) is 4.56. The molecule has 0 aromatic heterocycles. The predicted octanol–water partition coefficient (Wildman–Crippen LogP) is 6.84. The van der Waals surface area contributed by atoms with E-state index in [-0.39, 0.29) is 0 Å². The zero-order chi connectivity index (χ0) is 21.5. The number of fused-ring (bicyclic) bond motifs is 1. The summed E-state index contributed by atoms with van der Waals surface area (Å²) in [4.78, 5) is 5.22. The van der Waals surface area contributed by atoms with E-state index < -0.39 is 11.1 Å². The largest absolute Gasteiger partial charge is 0.464 e. The summed E-state index contributed by atoms with van der Waals surface area (Å²) in [6.45, 7) is 6.49. The Labute approximate surface area is 184 Å². The van der Waals surface area contributed by atoms with Gasteiger partial charge in [-0.15, -0.1) is 0 Å². The van der Waals surface area contributed by atoms with E-state index in [1.54, 1.807) is 0 Å². The van der Waals surface area contributed by atoms with Gasteiger partial charge in [0.25, 0.3) is 0 Å². The Kier molecular flexibility index (Phi) is 4.66. The summed E-state index contributed by atoms with van der Waals surface area (Å²) in [6.07, 6.45) is 0.790. The fourth-order valence-electron chi connectivity index (χ4n) is 4.56. The van der Waals surface area contributed by atoms with Gasteiger partial charge in [-0.1, -0.05) is 90.5 Å². The van der Waals surface area contributed by atoms with Crippen molar-refractivity contribution in [1.82, 2.24) is 0 Å². The van der Waals surface area contributed by atoms with Crippen molar-refractivity contribution in [2.24, 2.45) is 4.99 Å². The van der Waals surface area contributed by atoms with E-state index in [0.717, 1.165) is 23.4 Å². The van der Waals surface area contributed by atoms with Crippen molar-refractivity contribution in [3.05, 3.63) is 119 Å². The molecule has 0 unspecified atom stereocenters. The van der Waals surface area contributed by atoms with E-state index in [4.69, 9.17) is 9.73 Å². The SMILES string of the molecule is Cc1ccc(C2=N[C@@](C)(Cc3ccc4ccccc4c3)[C@](C)(c3ccccc3)O2)cc1. The summed E-state index contributed by atoms with van der Waals surface area (Å²) >= 11 is 0. The van der Waals surface area contributed by atoms with Crippen molar-refractivity contribution in [1.29, 1.82) is 0 Å². The highest BCUT2D eigenvalue weighted by Gasteiger charge is 2.53. The minimum atomic E-state index is -0.569. The molecule has 154 valence electrons. The summed E-state index contributed by atoms with van der Waals surface area (Å²) < 4.78 is 6.69. The van der Waals surface area contributed by atoms with Crippen LogP contribution in [0, 0.1) is 6.92 Å². The summed E-state index contributed by atoms with van der Waals surface area (Å²) in [7, 11) is 0. The van der Waals surface area contributed by atoms with Crippen LogP contribution >= 0.6 is 0 Å². The second-order valence-corrected chi connectivity index (χ2v) is 8.92. The van der Waals surface area contributed by atoms with Gasteiger partial charge in [-0.3, -0.25) is 0 Å². The molecule has 2 atom stereocenters. The molecule has 0 amide bonds. The number of ether oxygens (including phenoxy) is 1. The first-order chi connectivity index (χ1) is 15.0. The minimum Gasteiger partial charge on any atom is -0.464 e. The maximum Gasteiger partial charge on any atom is 0.217 e. The number of rotatable bonds is 4. The van der Waals surface area contributed by atoms with Gasteiger partial charge >= 0.3 is 0 Å². The molecule has 0 bridgehead atoms. The molecule has 0 saturated heterocycles. The minimum absolute atomic E-state index is 0.447. The second-order valence-electron chi connectivity index (χ2n) is 8.92. The molecule has 1 aliphatic rings. The van der Waals surface area contributed by atoms with Crippen LogP contribution in [-0.2, 0) is 16.8 Å². The van der Waals surface area contributed by atoms with Crippen molar-refractivity contribution < 1.29 is 4.74 Å². The maximum atomic E-state index is 6.69. The van der Waals surface area contributed by atoms with Crippen LogP contribution in [-0.4, -0.2) is 11.4 Å². The van der Waals surface area contributed by atoms with Gasteiger partial charge in [-0.25, -0.2) is 4.99 Å². The lowest BCUT2D eigenvalue weighted by molar-refractivity contribution is 0.0303. The zero-order valence-corrected chi connectivity index (χ0v) is 18.3. The summed E-state index contributed by atoms with van der Waals surface area (Å²) in [5.74, 6) is 0.717. The third-order valence-electron chi connectivity index (χ3n) is 6.66. The van der Waals surface area contributed by atoms with Crippen molar-refractivity contribution in [2.75, 3.05) is 0 Å². The molecule has 0 aliphatic carbocycles. The lowest BCUT2D eigenvalue weighted by atomic mass is 9.74. The van der Waals surface area contributed by atoms with Crippen LogP contribution in [0.25, 0.3) is 10.8 Å². The van der Waals surface area contributed by atoms with Crippen molar-refractivity contribution in [2.45, 2.75) is 38.3 Å². The Morgan fingerprint density at radius 3 is 2.16 bits per heavy atom. The Hall–Kier alpha value is -3.39. The van der Waals surface area contributed by atoms with Gasteiger partial charge < -0.3 is 4.74 Å². The quantitative estimate of drug-likeness (QED) is 0.364. The Bertz CT molecular complexity index is 1260.